The van der Waals surface area contributed by atoms with Gasteiger partial charge >= 0.3 is 0 Å². The van der Waals surface area contributed by atoms with Crippen LogP contribution in [0.25, 0.3) is 0 Å². The number of hydrogen-bond acceptors (Lipinski definition) is 1. The summed E-state index contributed by atoms with van der Waals surface area (Å²) in [5.41, 5.74) is 0.262. The molecule has 0 aromatic rings. The van der Waals surface area contributed by atoms with Gasteiger partial charge in [0.2, 0.25) is 0 Å². The van der Waals surface area contributed by atoms with Gasteiger partial charge in [0, 0.05) is 25.2 Å². The molecule has 0 bridgehead atoms. The van der Waals surface area contributed by atoms with Gasteiger partial charge in [-0.2, -0.15) is 0 Å². The van der Waals surface area contributed by atoms with Crippen LogP contribution in [0, 0.1) is 0 Å². The van der Waals surface area contributed by atoms with Crippen LogP contribution in [0.4, 0.5) is 0 Å². The Balaban J connectivity index is 2.33. The number of piperazine rings is 1. The van der Waals surface area contributed by atoms with Gasteiger partial charge in [-0.25, -0.2) is 5.32 Å². The molecule has 1 radical (unpaired) electrons. The van der Waals surface area contributed by atoms with Gasteiger partial charge in [-0.15, -0.1) is 0 Å². The van der Waals surface area contributed by atoms with Crippen molar-refractivity contribution in [3.8, 4) is 0 Å². The molecule has 0 atom stereocenters. The molecule has 1 N–H and O–H groups in total. The molecule has 1 aliphatic heterocycles. The third-order valence-electron chi connectivity index (χ3n) is 1.38. The molecule has 8 heavy (non-hydrogen) atoms. The first-order valence-electron chi connectivity index (χ1n) is 3.09. The first-order chi connectivity index (χ1) is 3.71. The summed E-state index contributed by atoms with van der Waals surface area (Å²) in [7, 11) is 0. The molecule has 1 rings (SSSR count). The van der Waals surface area contributed by atoms with Crippen LogP contribution in [0.1, 0.15) is 13.8 Å². The maximum atomic E-state index is 4.27. The molecule has 1 heterocycles. The summed E-state index contributed by atoms with van der Waals surface area (Å²) in [6.07, 6.45) is 0. The number of hydrogen-bond donors (Lipinski definition) is 1. The third-order valence-corrected chi connectivity index (χ3v) is 1.38. The summed E-state index contributed by atoms with van der Waals surface area (Å²) in [6.45, 7) is 7.36. The fraction of sp³-hybridized carbons (Fsp3) is 1.00. The predicted molar refractivity (Wildman–Crippen MR) is 33.9 cm³/mol. The van der Waals surface area contributed by atoms with Crippen LogP contribution in [-0.2, 0) is 0 Å². The van der Waals surface area contributed by atoms with Gasteiger partial charge in [0.25, 0.3) is 0 Å². The lowest BCUT2D eigenvalue weighted by Gasteiger charge is -2.30. The zero-order chi connectivity index (χ0) is 6.04. The Morgan fingerprint density at radius 1 is 1.50 bits per heavy atom. The average Bonchev–Trinajstić information content (AvgIpc) is 1.65. The summed E-state index contributed by atoms with van der Waals surface area (Å²) < 4.78 is 0. The maximum Gasteiger partial charge on any atom is 0.0311 e. The van der Waals surface area contributed by atoms with Crippen molar-refractivity contribution in [2.45, 2.75) is 19.4 Å². The standard InChI is InChI=1S/C6H13N2/c1-6(2)5-7-3-4-8-6/h8H,3-5H2,1-2H3. The summed E-state index contributed by atoms with van der Waals surface area (Å²) in [5.74, 6) is 0. The quantitative estimate of drug-likeness (QED) is 0.469. The monoisotopic (exact) mass is 113 g/mol. The lowest BCUT2D eigenvalue weighted by atomic mass is 10.0. The Bertz CT molecular complexity index is 70.6. The molecule has 0 saturated carbocycles. The maximum absolute atomic E-state index is 4.27. The van der Waals surface area contributed by atoms with Crippen molar-refractivity contribution in [1.29, 1.82) is 0 Å². The zero-order valence-electron chi connectivity index (χ0n) is 5.57. The van der Waals surface area contributed by atoms with Crippen LogP contribution in [0.3, 0.4) is 0 Å². The topological polar surface area (TPSA) is 26.1 Å². The van der Waals surface area contributed by atoms with Gasteiger partial charge < -0.3 is 5.32 Å². The lowest BCUT2D eigenvalue weighted by molar-refractivity contribution is 0.318. The van der Waals surface area contributed by atoms with E-state index in [2.05, 4.69) is 24.5 Å². The van der Waals surface area contributed by atoms with Gasteiger partial charge in [0.15, 0.2) is 0 Å². The van der Waals surface area contributed by atoms with Crippen molar-refractivity contribution in [2.24, 2.45) is 0 Å². The number of rotatable bonds is 0. The normalized spacial score (nSPS) is 27.8. The van der Waals surface area contributed by atoms with Gasteiger partial charge in [-0.1, -0.05) is 0 Å². The molecule has 0 aromatic carbocycles. The second kappa shape index (κ2) is 2.03. The van der Waals surface area contributed by atoms with E-state index in [0.717, 1.165) is 19.6 Å². The van der Waals surface area contributed by atoms with E-state index in [-0.39, 0.29) is 5.54 Å². The van der Waals surface area contributed by atoms with Crippen molar-refractivity contribution < 1.29 is 0 Å². The van der Waals surface area contributed by atoms with Crippen molar-refractivity contribution in [3.63, 3.8) is 0 Å². The molecule has 1 aliphatic rings. The van der Waals surface area contributed by atoms with E-state index in [1.165, 1.54) is 0 Å². The van der Waals surface area contributed by atoms with Crippen LogP contribution in [0.2, 0.25) is 0 Å². The minimum atomic E-state index is 0.262. The summed E-state index contributed by atoms with van der Waals surface area (Å²) in [5, 5.41) is 7.63. The smallest absolute Gasteiger partial charge is 0.0311 e. The Hall–Kier alpha value is -0.0800. The third kappa shape index (κ3) is 1.46. The second-order valence-corrected chi connectivity index (χ2v) is 2.92. The van der Waals surface area contributed by atoms with Crippen LogP contribution in [0.15, 0.2) is 0 Å². The molecule has 2 nitrogen and oxygen atoms in total. The molecule has 0 unspecified atom stereocenters. The molecule has 2 heteroatoms. The van der Waals surface area contributed by atoms with E-state index in [4.69, 9.17) is 0 Å². The van der Waals surface area contributed by atoms with E-state index in [1.54, 1.807) is 0 Å². The van der Waals surface area contributed by atoms with Crippen LogP contribution in [0.5, 0.6) is 0 Å². The van der Waals surface area contributed by atoms with Gasteiger partial charge in [-0.3, -0.25) is 0 Å². The molecule has 0 aromatic heterocycles. The van der Waals surface area contributed by atoms with Crippen LogP contribution >= 0.6 is 0 Å². The fourth-order valence-electron chi connectivity index (χ4n) is 0.888. The SMILES string of the molecule is CC1(C)C[N]CCN1. The highest BCUT2D eigenvalue weighted by atomic mass is 15.1. The average molecular weight is 113 g/mol. The highest BCUT2D eigenvalue weighted by Gasteiger charge is 2.19. The Morgan fingerprint density at radius 3 is 2.50 bits per heavy atom. The minimum absolute atomic E-state index is 0.262. The number of nitrogens with one attached hydrogen (secondary N) is 1. The minimum Gasteiger partial charge on any atom is -0.309 e. The second-order valence-electron chi connectivity index (χ2n) is 2.92. The van der Waals surface area contributed by atoms with Crippen molar-refractivity contribution >= 4 is 0 Å². The van der Waals surface area contributed by atoms with Crippen LogP contribution < -0.4 is 10.6 Å². The molecular weight excluding hydrogens is 100 g/mol. The number of nitrogens with zero attached hydrogens (tertiary/aromatic N) is 1. The fourth-order valence-corrected chi connectivity index (χ4v) is 0.888. The van der Waals surface area contributed by atoms with E-state index >= 15 is 0 Å². The largest absolute Gasteiger partial charge is 0.309 e. The molecule has 0 amide bonds. The molecular formula is C6H13N2. The van der Waals surface area contributed by atoms with E-state index < -0.39 is 0 Å². The van der Waals surface area contributed by atoms with Crippen molar-refractivity contribution in [2.75, 3.05) is 19.6 Å². The van der Waals surface area contributed by atoms with Gasteiger partial charge in [0.1, 0.15) is 0 Å². The zero-order valence-corrected chi connectivity index (χ0v) is 5.57. The Kier molecular flexibility index (Phi) is 1.54. The first-order valence-corrected chi connectivity index (χ1v) is 3.09. The Morgan fingerprint density at radius 2 is 2.25 bits per heavy atom. The van der Waals surface area contributed by atoms with Gasteiger partial charge in [0.05, 0.1) is 0 Å². The summed E-state index contributed by atoms with van der Waals surface area (Å²) >= 11 is 0. The Labute approximate surface area is 50.7 Å². The summed E-state index contributed by atoms with van der Waals surface area (Å²) in [4.78, 5) is 0. The molecule has 0 spiro atoms. The predicted octanol–water partition coefficient (Wildman–Crippen LogP) is -0.0274. The van der Waals surface area contributed by atoms with E-state index in [1.807, 2.05) is 0 Å². The van der Waals surface area contributed by atoms with E-state index in [0.29, 0.717) is 0 Å². The molecule has 47 valence electrons. The highest BCUT2D eigenvalue weighted by molar-refractivity contribution is 4.83. The molecule has 1 saturated heterocycles. The lowest BCUT2D eigenvalue weighted by Crippen LogP contribution is -2.52. The summed E-state index contributed by atoms with van der Waals surface area (Å²) in [6, 6.07) is 0. The van der Waals surface area contributed by atoms with Crippen LogP contribution in [-0.4, -0.2) is 25.2 Å². The van der Waals surface area contributed by atoms with Crippen molar-refractivity contribution in [3.05, 3.63) is 0 Å². The molecule has 0 aliphatic carbocycles. The van der Waals surface area contributed by atoms with Gasteiger partial charge in [-0.05, 0) is 13.8 Å². The van der Waals surface area contributed by atoms with Crippen molar-refractivity contribution in [1.82, 2.24) is 10.6 Å². The first kappa shape index (κ1) is 6.05. The molecule has 1 fully saturated rings. The van der Waals surface area contributed by atoms with E-state index in [9.17, 15) is 0 Å². The highest BCUT2D eigenvalue weighted by Crippen LogP contribution is 2.01.